The molecule has 10 heteroatoms. The van der Waals surface area contributed by atoms with Crippen LogP contribution >= 0.6 is 0 Å². The Morgan fingerprint density at radius 3 is 2.30 bits per heavy atom. The molecule has 0 aromatic heterocycles. The van der Waals surface area contributed by atoms with Gasteiger partial charge in [-0.25, -0.2) is 8.78 Å². The predicted molar refractivity (Wildman–Crippen MR) is 58.6 cm³/mol. The van der Waals surface area contributed by atoms with E-state index in [9.17, 15) is 32.1 Å². The fourth-order valence-electron chi connectivity index (χ4n) is 1.32. The van der Waals surface area contributed by atoms with Crippen molar-refractivity contribution in [3.8, 4) is 0 Å². The SMILES string of the molecule is O=[N+]([O-])c1ccc(NCC(F)(F)CO)cc1C(F)(F)F. The first-order valence-corrected chi connectivity index (χ1v) is 5.15. The second-order valence-corrected chi connectivity index (χ2v) is 3.85. The lowest BCUT2D eigenvalue weighted by Crippen LogP contribution is -2.31. The summed E-state index contributed by atoms with van der Waals surface area (Å²) in [5.41, 5.74) is -3.08. The van der Waals surface area contributed by atoms with E-state index in [1.807, 2.05) is 5.32 Å². The first-order valence-electron chi connectivity index (χ1n) is 5.15. The molecule has 0 saturated heterocycles. The van der Waals surface area contributed by atoms with E-state index in [1.165, 1.54) is 0 Å². The molecule has 1 aromatic rings. The number of halogens is 5. The maximum absolute atomic E-state index is 12.7. The van der Waals surface area contributed by atoms with Gasteiger partial charge in [0, 0.05) is 11.8 Å². The van der Waals surface area contributed by atoms with E-state index >= 15 is 0 Å². The molecule has 1 rings (SSSR count). The third-order valence-electron chi connectivity index (χ3n) is 2.28. The van der Waals surface area contributed by atoms with E-state index < -0.39 is 41.4 Å². The molecule has 0 saturated carbocycles. The van der Waals surface area contributed by atoms with Gasteiger partial charge in [0.05, 0.1) is 11.5 Å². The summed E-state index contributed by atoms with van der Waals surface area (Å²) in [6.07, 6.45) is -4.99. The van der Waals surface area contributed by atoms with Gasteiger partial charge in [-0.15, -0.1) is 0 Å². The lowest BCUT2D eigenvalue weighted by Gasteiger charge is -2.16. The molecule has 0 atom stereocenters. The molecule has 5 nitrogen and oxygen atoms in total. The minimum Gasteiger partial charge on any atom is -0.390 e. The van der Waals surface area contributed by atoms with Crippen molar-refractivity contribution in [2.24, 2.45) is 0 Å². The highest BCUT2D eigenvalue weighted by molar-refractivity contribution is 5.55. The van der Waals surface area contributed by atoms with Crippen molar-refractivity contribution >= 4 is 11.4 Å². The van der Waals surface area contributed by atoms with Crippen LogP contribution in [0.15, 0.2) is 18.2 Å². The Hall–Kier alpha value is -1.97. The third-order valence-corrected chi connectivity index (χ3v) is 2.28. The Labute approximate surface area is 109 Å². The third kappa shape index (κ3) is 4.02. The average molecular weight is 300 g/mol. The lowest BCUT2D eigenvalue weighted by molar-refractivity contribution is -0.388. The minimum absolute atomic E-state index is 0.365. The highest BCUT2D eigenvalue weighted by Gasteiger charge is 2.38. The predicted octanol–water partition coefficient (Wildman–Crippen LogP) is 2.65. The van der Waals surface area contributed by atoms with Gasteiger partial charge in [0.2, 0.25) is 0 Å². The van der Waals surface area contributed by atoms with Gasteiger partial charge in [0.25, 0.3) is 11.6 Å². The van der Waals surface area contributed by atoms with E-state index in [0.717, 1.165) is 6.07 Å². The van der Waals surface area contributed by atoms with Crippen molar-refractivity contribution in [1.82, 2.24) is 0 Å². The second kappa shape index (κ2) is 5.57. The summed E-state index contributed by atoms with van der Waals surface area (Å²) in [7, 11) is 0. The van der Waals surface area contributed by atoms with Crippen molar-refractivity contribution in [2.45, 2.75) is 12.1 Å². The summed E-state index contributed by atoms with van der Waals surface area (Å²) in [4.78, 5) is 9.26. The highest BCUT2D eigenvalue weighted by Crippen LogP contribution is 2.37. The fourth-order valence-corrected chi connectivity index (χ4v) is 1.32. The smallest absolute Gasteiger partial charge is 0.390 e. The van der Waals surface area contributed by atoms with E-state index in [-0.39, 0.29) is 5.69 Å². The topological polar surface area (TPSA) is 75.4 Å². The van der Waals surface area contributed by atoms with Crippen LogP contribution < -0.4 is 5.32 Å². The van der Waals surface area contributed by atoms with Crippen LogP contribution in [0.4, 0.5) is 33.3 Å². The number of aliphatic hydroxyl groups is 1. The molecule has 0 bridgehead atoms. The molecule has 0 aliphatic heterocycles. The van der Waals surface area contributed by atoms with E-state index in [1.54, 1.807) is 0 Å². The van der Waals surface area contributed by atoms with E-state index in [0.29, 0.717) is 12.1 Å². The van der Waals surface area contributed by atoms with Gasteiger partial charge in [-0.1, -0.05) is 0 Å². The summed E-state index contributed by atoms with van der Waals surface area (Å²) >= 11 is 0. The number of alkyl halides is 5. The monoisotopic (exact) mass is 300 g/mol. The standard InChI is InChI=1S/C10H9F5N2O3/c11-9(12,5-18)4-16-6-1-2-8(17(19)20)7(3-6)10(13,14)15/h1-3,16,18H,4-5H2. The van der Waals surface area contributed by atoms with Crippen LogP contribution in [-0.4, -0.2) is 29.1 Å². The summed E-state index contributed by atoms with van der Waals surface area (Å²) < 4.78 is 63.3. The first kappa shape index (κ1) is 16.1. The molecular formula is C10H9F5N2O3. The van der Waals surface area contributed by atoms with Crippen LogP contribution in [-0.2, 0) is 6.18 Å². The zero-order valence-corrected chi connectivity index (χ0v) is 9.75. The molecule has 0 amide bonds. The molecule has 0 fully saturated rings. The molecule has 0 radical (unpaired) electrons. The Kier molecular flexibility index (Phi) is 4.48. The zero-order valence-electron chi connectivity index (χ0n) is 9.75. The fraction of sp³-hybridized carbons (Fsp3) is 0.400. The van der Waals surface area contributed by atoms with Crippen LogP contribution in [0.25, 0.3) is 0 Å². The number of benzene rings is 1. The number of hydrogen-bond donors (Lipinski definition) is 2. The summed E-state index contributed by atoms with van der Waals surface area (Å²) in [5.74, 6) is -3.51. The number of nitro groups is 1. The van der Waals surface area contributed by atoms with Gasteiger partial charge in [0.15, 0.2) is 0 Å². The Morgan fingerprint density at radius 2 is 1.85 bits per heavy atom. The number of aliphatic hydroxyl groups excluding tert-OH is 1. The molecule has 0 aliphatic carbocycles. The quantitative estimate of drug-likeness (QED) is 0.498. The van der Waals surface area contributed by atoms with Crippen molar-refractivity contribution < 1.29 is 32.0 Å². The molecule has 1 aromatic carbocycles. The highest BCUT2D eigenvalue weighted by atomic mass is 19.4. The normalized spacial score (nSPS) is 12.3. The number of hydrogen-bond acceptors (Lipinski definition) is 4. The van der Waals surface area contributed by atoms with Crippen LogP contribution in [0.2, 0.25) is 0 Å². The Bertz CT molecular complexity index is 504. The Balaban J connectivity index is 3.05. The van der Waals surface area contributed by atoms with Crippen molar-refractivity contribution in [3.63, 3.8) is 0 Å². The molecular weight excluding hydrogens is 291 g/mol. The maximum Gasteiger partial charge on any atom is 0.423 e. The van der Waals surface area contributed by atoms with Crippen LogP contribution in [0.5, 0.6) is 0 Å². The number of nitrogens with zero attached hydrogens (tertiary/aromatic N) is 1. The van der Waals surface area contributed by atoms with Gasteiger partial charge in [-0.3, -0.25) is 10.1 Å². The van der Waals surface area contributed by atoms with Crippen molar-refractivity contribution in [1.29, 1.82) is 0 Å². The minimum atomic E-state index is -4.99. The number of rotatable bonds is 5. The van der Waals surface area contributed by atoms with Gasteiger partial charge < -0.3 is 10.4 Å². The van der Waals surface area contributed by atoms with Gasteiger partial charge >= 0.3 is 6.18 Å². The number of anilines is 1. The van der Waals surface area contributed by atoms with Crippen LogP contribution in [0.1, 0.15) is 5.56 Å². The molecule has 0 spiro atoms. The van der Waals surface area contributed by atoms with Crippen molar-refractivity contribution in [3.05, 3.63) is 33.9 Å². The zero-order chi connectivity index (χ0) is 15.6. The van der Waals surface area contributed by atoms with Crippen molar-refractivity contribution in [2.75, 3.05) is 18.5 Å². The van der Waals surface area contributed by atoms with E-state index in [2.05, 4.69) is 0 Å². The number of nitro benzene ring substituents is 1. The molecule has 0 heterocycles. The Morgan fingerprint density at radius 1 is 1.25 bits per heavy atom. The first-order chi connectivity index (χ1) is 9.07. The molecule has 2 N–H and O–H groups in total. The van der Waals surface area contributed by atoms with Gasteiger partial charge in [0.1, 0.15) is 12.2 Å². The molecule has 0 aliphatic rings. The van der Waals surface area contributed by atoms with Crippen LogP contribution in [0, 0.1) is 10.1 Å². The maximum atomic E-state index is 12.7. The largest absolute Gasteiger partial charge is 0.423 e. The lowest BCUT2D eigenvalue weighted by atomic mass is 10.1. The van der Waals surface area contributed by atoms with Crippen LogP contribution in [0.3, 0.4) is 0 Å². The van der Waals surface area contributed by atoms with Gasteiger partial charge in [-0.2, -0.15) is 13.2 Å². The van der Waals surface area contributed by atoms with E-state index in [4.69, 9.17) is 5.11 Å². The van der Waals surface area contributed by atoms with Gasteiger partial charge in [-0.05, 0) is 12.1 Å². The molecule has 112 valence electrons. The molecule has 0 unspecified atom stereocenters. The number of nitrogens with one attached hydrogen (secondary N) is 1. The summed E-state index contributed by atoms with van der Waals surface area (Å²) in [6, 6.07) is 1.81. The average Bonchev–Trinajstić information content (AvgIpc) is 2.35. The summed E-state index contributed by atoms with van der Waals surface area (Å²) in [5, 5.41) is 20.8. The second-order valence-electron chi connectivity index (χ2n) is 3.85. The summed E-state index contributed by atoms with van der Waals surface area (Å²) in [6.45, 7) is -2.57. The molecule has 20 heavy (non-hydrogen) atoms.